The van der Waals surface area contributed by atoms with E-state index in [2.05, 4.69) is 30.4 Å². The average molecular weight is 247 g/mol. The SMILES string of the molecule is CCOc1cccc(CNC2CCCCC2C)c1. The third-order valence-corrected chi connectivity index (χ3v) is 3.89. The maximum absolute atomic E-state index is 5.53. The van der Waals surface area contributed by atoms with Gasteiger partial charge in [0.05, 0.1) is 6.61 Å². The third-order valence-electron chi connectivity index (χ3n) is 3.89. The number of hydrogen-bond donors (Lipinski definition) is 1. The highest BCUT2D eigenvalue weighted by molar-refractivity contribution is 5.28. The molecule has 2 atom stereocenters. The fourth-order valence-electron chi connectivity index (χ4n) is 2.78. The largest absolute Gasteiger partial charge is 0.494 e. The zero-order chi connectivity index (χ0) is 12.8. The lowest BCUT2D eigenvalue weighted by molar-refractivity contribution is 0.279. The van der Waals surface area contributed by atoms with Crippen LogP contribution in [0.15, 0.2) is 24.3 Å². The Morgan fingerprint density at radius 3 is 2.89 bits per heavy atom. The van der Waals surface area contributed by atoms with Crippen LogP contribution in [0.5, 0.6) is 5.75 Å². The standard InChI is InChI=1S/C16H25NO/c1-3-18-15-9-6-8-14(11-15)12-17-16-10-5-4-7-13(16)2/h6,8-9,11,13,16-17H,3-5,7,10,12H2,1-2H3. The van der Waals surface area contributed by atoms with Crippen LogP contribution in [-0.4, -0.2) is 12.6 Å². The molecule has 100 valence electrons. The van der Waals surface area contributed by atoms with Crippen LogP contribution >= 0.6 is 0 Å². The van der Waals surface area contributed by atoms with Crippen molar-refractivity contribution in [3.63, 3.8) is 0 Å². The molecule has 1 aliphatic rings. The van der Waals surface area contributed by atoms with Gasteiger partial charge in [0.2, 0.25) is 0 Å². The molecule has 1 N–H and O–H groups in total. The molecule has 0 bridgehead atoms. The summed E-state index contributed by atoms with van der Waals surface area (Å²) < 4.78 is 5.53. The van der Waals surface area contributed by atoms with Crippen molar-refractivity contribution in [2.45, 2.75) is 52.1 Å². The Balaban J connectivity index is 1.87. The molecular formula is C16H25NO. The highest BCUT2D eigenvalue weighted by atomic mass is 16.5. The molecule has 0 radical (unpaired) electrons. The summed E-state index contributed by atoms with van der Waals surface area (Å²) in [6, 6.07) is 9.10. The normalized spacial score (nSPS) is 23.9. The molecule has 1 aromatic carbocycles. The van der Waals surface area contributed by atoms with Gasteiger partial charge in [-0.2, -0.15) is 0 Å². The Hall–Kier alpha value is -1.02. The van der Waals surface area contributed by atoms with E-state index in [1.165, 1.54) is 31.2 Å². The van der Waals surface area contributed by atoms with E-state index in [4.69, 9.17) is 4.74 Å². The lowest BCUT2D eigenvalue weighted by Crippen LogP contribution is -2.36. The Labute approximate surface area is 111 Å². The highest BCUT2D eigenvalue weighted by Crippen LogP contribution is 2.24. The summed E-state index contributed by atoms with van der Waals surface area (Å²) in [7, 11) is 0. The topological polar surface area (TPSA) is 21.3 Å². The molecule has 2 unspecified atom stereocenters. The van der Waals surface area contributed by atoms with E-state index >= 15 is 0 Å². The molecule has 2 rings (SSSR count). The maximum Gasteiger partial charge on any atom is 0.119 e. The first-order valence-corrected chi connectivity index (χ1v) is 7.24. The predicted molar refractivity (Wildman–Crippen MR) is 75.9 cm³/mol. The first kappa shape index (κ1) is 13.4. The monoisotopic (exact) mass is 247 g/mol. The highest BCUT2D eigenvalue weighted by Gasteiger charge is 2.20. The minimum Gasteiger partial charge on any atom is -0.494 e. The summed E-state index contributed by atoms with van der Waals surface area (Å²) in [5.41, 5.74) is 1.32. The Morgan fingerprint density at radius 1 is 1.28 bits per heavy atom. The molecule has 1 aliphatic carbocycles. The van der Waals surface area contributed by atoms with Crippen molar-refractivity contribution in [3.05, 3.63) is 29.8 Å². The van der Waals surface area contributed by atoms with Crippen molar-refractivity contribution in [1.82, 2.24) is 5.32 Å². The van der Waals surface area contributed by atoms with Gasteiger partial charge in [-0.25, -0.2) is 0 Å². The zero-order valence-corrected chi connectivity index (χ0v) is 11.6. The lowest BCUT2D eigenvalue weighted by Gasteiger charge is -2.29. The second kappa shape index (κ2) is 6.79. The fraction of sp³-hybridized carbons (Fsp3) is 0.625. The molecular weight excluding hydrogens is 222 g/mol. The van der Waals surface area contributed by atoms with Gasteiger partial charge in [-0.3, -0.25) is 0 Å². The predicted octanol–water partition coefficient (Wildman–Crippen LogP) is 3.75. The summed E-state index contributed by atoms with van der Waals surface area (Å²) in [6.45, 7) is 6.08. The molecule has 2 heteroatoms. The van der Waals surface area contributed by atoms with Crippen LogP contribution < -0.4 is 10.1 Å². The van der Waals surface area contributed by atoms with Crippen LogP contribution in [0.1, 0.15) is 45.1 Å². The van der Waals surface area contributed by atoms with Crippen LogP contribution in [0.4, 0.5) is 0 Å². The van der Waals surface area contributed by atoms with Crippen LogP contribution in [0.2, 0.25) is 0 Å². The van der Waals surface area contributed by atoms with Crippen molar-refractivity contribution in [1.29, 1.82) is 0 Å². The molecule has 2 nitrogen and oxygen atoms in total. The number of hydrogen-bond acceptors (Lipinski definition) is 2. The molecule has 0 heterocycles. The number of ether oxygens (including phenoxy) is 1. The van der Waals surface area contributed by atoms with Crippen molar-refractivity contribution in [2.75, 3.05) is 6.61 Å². The fourth-order valence-corrected chi connectivity index (χ4v) is 2.78. The van der Waals surface area contributed by atoms with Gasteiger partial charge in [0.25, 0.3) is 0 Å². The van der Waals surface area contributed by atoms with Crippen molar-refractivity contribution >= 4 is 0 Å². The van der Waals surface area contributed by atoms with Crippen LogP contribution in [0.25, 0.3) is 0 Å². The number of rotatable bonds is 5. The van der Waals surface area contributed by atoms with E-state index in [0.29, 0.717) is 6.04 Å². The molecule has 0 aromatic heterocycles. The van der Waals surface area contributed by atoms with Gasteiger partial charge in [0.15, 0.2) is 0 Å². The lowest BCUT2D eigenvalue weighted by atomic mass is 9.86. The Kier molecular flexibility index (Phi) is 5.06. The molecule has 1 aromatic rings. The molecule has 0 spiro atoms. The number of nitrogens with one attached hydrogen (secondary N) is 1. The maximum atomic E-state index is 5.53. The average Bonchev–Trinajstić information content (AvgIpc) is 2.39. The van der Waals surface area contributed by atoms with Crippen LogP contribution in [0, 0.1) is 5.92 Å². The second-order valence-electron chi connectivity index (χ2n) is 5.33. The van der Waals surface area contributed by atoms with Gasteiger partial charge in [-0.05, 0) is 43.4 Å². The third kappa shape index (κ3) is 3.74. The molecule has 0 amide bonds. The van der Waals surface area contributed by atoms with Crippen LogP contribution in [-0.2, 0) is 6.54 Å². The Bertz CT molecular complexity index is 364. The molecule has 1 fully saturated rings. The second-order valence-corrected chi connectivity index (χ2v) is 5.33. The summed E-state index contributed by atoms with van der Waals surface area (Å²) in [6.07, 6.45) is 5.48. The van der Waals surface area contributed by atoms with E-state index in [0.717, 1.165) is 24.8 Å². The van der Waals surface area contributed by atoms with Gasteiger partial charge in [0.1, 0.15) is 5.75 Å². The first-order valence-electron chi connectivity index (χ1n) is 7.24. The van der Waals surface area contributed by atoms with Gasteiger partial charge >= 0.3 is 0 Å². The smallest absolute Gasteiger partial charge is 0.119 e. The summed E-state index contributed by atoms with van der Waals surface area (Å²) >= 11 is 0. The summed E-state index contributed by atoms with van der Waals surface area (Å²) in [5, 5.41) is 3.70. The summed E-state index contributed by atoms with van der Waals surface area (Å²) in [4.78, 5) is 0. The van der Waals surface area contributed by atoms with Gasteiger partial charge in [0, 0.05) is 12.6 Å². The van der Waals surface area contributed by atoms with Gasteiger partial charge in [-0.15, -0.1) is 0 Å². The van der Waals surface area contributed by atoms with E-state index in [9.17, 15) is 0 Å². The van der Waals surface area contributed by atoms with Gasteiger partial charge in [-0.1, -0.05) is 31.9 Å². The van der Waals surface area contributed by atoms with E-state index < -0.39 is 0 Å². The molecule has 1 saturated carbocycles. The Morgan fingerprint density at radius 2 is 2.11 bits per heavy atom. The van der Waals surface area contributed by atoms with E-state index in [1.54, 1.807) is 0 Å². The van der Waals surface area contributed by atoms with E-state index in [1.807, 2.05) is 13.0 Å². The van der Waals surface area contributed by atoms with Gasteiger partial charge < -0.3 is 10.1 Å². The molecule has 18 heavy (non-hydrogen) atoms. The quantitative estimate of drug-likeness (QED) is 0.855. The minimum atomic E-state index is 0.689. The van der Waals surface area contributed by atoms with Crippen LogP contribution in [0.3, 0.4) is 0 Å². The van der Waals surface area contributed by atoms with E-state index in [-0.39, 0.29) is 0 Å². The number of benzene rings is 1. The first-order chi connectivity index (χ1) is 8.79. The molecule has 0 aliphatic heterocycles. The minimum absolute atomic E-state index is 0.689. The molecule has 0 saturated heterocycles. The van der Waals surface area contributed by atoms with Crippen molar-refractivity contribution < 1.29 is 4.74 Å². The van der Waals surface area contributed by atoms with Crippen molar-refractivity contribution in [2.24, 2.45) is 5.92 Å². The summed E-state index contributed by atoms with van der Waals surface area (Å²) in [5.74, 6) is 1.79. The zero-order valence-electron chi connectivity index (χ0n) is 11.6. The van der Waals surface area contributed by atoms with Crippen molar-refractivity contribution in [3.8, 4) is 5.75 Å².